The van der Waals surface area contributed by atoms with Crippen LogP contribution in [0.1, 0.15) is 5.69 Å². The molecule has 0 spiro atoms. The molecule has 0 aliphatic carbocycles. The van der Waals surface area contributed by atoms with Crippen LogP contribution in [0.3, 0.4) is 0 Å². The molecule has 0 saturated heterocycles. The predicted molar refractivity (Wildman–Crippen MR) is 60.3 cm³/mol. The van der Waals surface area contributed by atoms with Crippen molar-refractivity contribution >= 4 is 40.6 Å². The lowest BCUT2D eigenvalue weighted by atomic mass is 10.4. The third-order valence-electron chi connectivity index (χ3n) is 1.48. The Balaban J connectivity index is 0.00000112. The minimum atomic E-state index is 0. The van der Waals surface area contributed by atoms with E-state index in [4.69, 9.17) is 0 Å². The first-order valence-corrected chi connectivity index (χ1v) is 4.85. The second-order valence-corrected chi connectivity index (χ2v) is 3.52. The van der Waals surface area contributed by atoms with Gasteiger partial charge in [0.1, 0.15) is 6.33 Å². The van der Waals surface area contributed by atoms with Crippen molar-refractivity contribution in [2.45, 2.75) is 0 Å². The molecule has 1 aromatic rings. The molecule has 1 aromatic heterocycles. The van der Waals surface area contributed by atoms with Gasteiger partial charge in [-0.2, -0.15) is 4.99 Å². The van der Waals surface area contributed by atoms with Gasteiger partial charge < -0.3 is 24.0 Å². The van der Waals surface area contributed by atoms with Crippen molar-refractivity contribution in [3.63, 3.8) is 0 Å². The molecule has 0 fully saturated rings. The van der Waals surface area contributed by atoms with Crippen molar-refractivity contribution in [2.24, 2.45) is 9.98 Å². The zero-order valence-corrected chi connectivity index (χ0v) is 11.7. The number of rotatable bonds is 1. The van der Waals surface area contributed by atoms with E-state index < -0.39 is 0 Å². The Kier molecular flexibility index (Phi) is 4.99. The molecule has 0 radical (unpaired) electrons. The zero-order chi connectivity index (χ0) is 9.80. The van der Waals surface area contributed by atoms with Crippen molar-refractivity contribution in [3.8, 4) is 0 Å². The van der Waals surface area contributed by atoms with Gasteiger partial charge in [0.05, 0.1) is 3.57 Å². The summed E-state index contributed by atoms with van der Waals surface area (Å²) in [4.78, 5) is 18.8. The molecular formula is C8H5I2N5. The number of aliphatic imine (C=N–C) groups is 2. The lowest BCUT2D eigenvalue weighted by Crippen LogP contribution is -3.00. The van der Waals surface area contributed by atoms with Crippen LogP contribution in [0.25, 0.3) is 0 Å². The molecule has 0 aromatic carbocycles. The van der Waals surface area contributed by atoms with Crippen LogP contribution < -0.4 is 29.0 Å². The normalized spacial score (nSPS) is 13.0. The van der Waals surface area contributed by atoms with Gasteiger partial charge in [-0.15, -0.1) is 0 Å². The summed E-state index contributed by atoms with van der Waals surface area (Å²) in [5, 5.41) is 0. The quantitative estimate of drug-likeness (QED) is 0.469. The molecule has 2 rings (SSSR count). The topological polar surface area (TPSA) is 64.5 Å². The summed E-state index contributed by atoms with van der Waals surface area (Å²) in [6.07, 6.45) is 6.21. The lowest BCUT2D eigenvalue weighted by Gasteiger charge is -1.93. The highest BCUT2D eigenvalue weighted by Gasteiger charge is 2.15. The van der Waals surface area contributed by atoms with E-state index in [9.17, 15) is 0 Å². The van der Waals surface area contributed by atoms with E-state index in [0.29, 0.717) is 5.84 Å². The SMILES string of the molecule is Ic1cncnc1C1=[NH+]C=C=NC=N1.[I-]. The van der Waals surface area contributed by atoms with E-state index in [1.165, 1.54) is 12.7 Å². The van der Waals surface area contributed by atoms with Crippen LogP contribution in [0.15, 0.2) is 28.7 Å². The first kappa shape index (κ1) is 12.4. The van der Waals surface area contributed by atoms with Crippen molar-refractivity contribution in [1.29, 1.82) is 0 Å². The summed E-state index contributed by atoms with van der Waals surface area (Å²) in [5.41, 5.74) is 0.756. The summed E-state index contributed by atoms with van der Waals surface area (Å²) in [5.74, 6) is 3.28. The van der Waals surface area contributed by atoms with E-state index in [1.54, 1.807) is 12.4 Å². The molecule has 0 unspecified atom stereocenters. The average Bonchev–Trinajstić information content (AvgIpc) is 2.47. The Morgan fingerprint density at radius 2 is 2.27 bits per heavy atom. The Labute approximate surface area is 117 Å². The zero-order valence-electron chi connectivity index (χ0n) is 7.35. The number of amidine groups is 1. The van der Waals surface area contributed by atoms with Crippen LogP contribution in [0, 0.1) is 3.57 Å². The van der Waals surface area contributed by atoms with E-state index in [-0.39, 0.29) is 24.0 Å². The second kappa shape index (κ2) is 6.03. The standard InChI is InChI=1S/C8H4IN5.HI/c9-6-3-11-5-13-7(6)8-12-2-1-10-4-14-8;/h2-5H;1H. The van der Waals surface area contributed by atoms with Crippen LogP contribution in [-0.2, 0) is 0 Å². The fourth-order valence-corrected chi connectivity index (χ4v) is 1.47. The summed E-state index contributed by atoms with van der Waals surface area (Å²) in [7, 11) is 0. The molecule has 0 saturated carbocycles. The van der Waals surface area contributed by atoms with Crippen LogP contribution >= 0.6 is 22.6 Å². The van der Waals surface area contributed by atoms with Crippen LogP contribution in [-0.4, -0.2) is 28.0 Å². The molecule has 0 bridgehead atoms. The minimum Gasteiger partial charge on any atom is -1.00 e. The van der Waals surface area contributed by atoms with Crippen LogP contribution in [0.2, 0.25) is 0 Å². The molecule has 5 nitrogen and oxygen atoms in total. The van der Waals surface area contributed by atoms with E-state index >= 15 is 0 Å². The molecule has 0 atom stereocenters. The third kappa shape index (κ3) is 3.14. The summed E-state index contributed by atoms with van der Waals surface area (Å²) >= 11 is 2.15. The van der Waals surface area contributed by atoms with Crippen molar-refractivity contribution in [3.05, 3.63) is 28.0 Å². The maximum absolute atomic E-state index is 4.12. The van der Waals surface area contributed by atoms with Crippen LogP contribution in [0.5, 0.6) is 0 Å². The highest BCUT2D eigenvalue weighted by atomic mass is 127. The van der Waals surface area contributed by atoms with E-state index in [1.807, 2.05) is 0 Å². The molecule has 1 aliphatic rings. The smallest absolute Gasteiger partial charge is 0.350 e. The molecule has 1 aliphatic heterocycles. The van der Waals surface area contributed by atoms with Gasteiger partial charge in [-0.05, 0) is 27.6 Å². The number of aromatic nitrogens is 2. The van der Waals surface area contributed by atoms with Gasteiger partial charge in [0.2, 0.25) is 6.34 Å². The van der Waals surface area contributed by atoms with Gasteiger partial charge in [-0.3, -0.25) is 0 Å². The minimum absolute atomic E-state index is 0. The monoisotopic (exact) mass is 425 g/mol. The first-order chi connectivity index (χ1) is 6.88. The van der Waals surface area contributed by atoms with Gasteiger partial charge in [0, 0.05) is 12.1 Å². The fraction of sp³-hybridized carbons (Fsp3) is 0. The molecule has 1 N–H and O–H groups in total. The molecule has 15 heavy (non-hydrogen) atoms. The van der Waals surface area contributed by atoms with E-state index in [2.05, 4.69) is 53.4 Å². The molecule has 76 valence electrons. The van der Waals surface area contributed by atoms with E-state index in [0.717, 1.165) is 9.26 Å². The van der Waals surface area contributed by atoms with Crippen molar-refractivity contribution in [2.75, 3.05) is 0 Å². The number of halogens is 2. The molecule has 7 heteroatoms. The summed E-state index contributed by atoms with van der Waals surface area (Å²) < 4.78 is 0.931. The Hall–Kier alpha value is -0.670. The number of nitrogens with one attached hydrogen (secondary N) is 1. The summed E-state index contributed by atoms with van der Waals surface area (Å²) in [6, 6.07) is 0. The van der Waals surface area contributed by atoms with Gasteiger partial charge >= 0.3 is 5.84 Å². The van der Waals surface area contributed by atoms with Crippen molar-refractivity contribution < 1.29 is 29.0 Å². The third-order valence-corrected chi connectivity index (χ3v) is 2.27. The first-order valence-electron chi connectivity index (χ1n) is 3.77. The maximum Gasteiger partial charge on any atom is 0.350 e. The highest BCUT2D eigenvalue weighted by molar-refractivity contribution is 14.1. The van der Waals surface area contributed by atoms with Gasteiger partial charge in [0.25, 0.3) is 0 Å². The number of hydrogen-bond acceptors (Lipinski definition) is 4. The average molecular weight is 425 g/mol. The fourth-order valence-electron chi connectivity index (χ4n) is 0.912. The molecule has 0 amide bonds. The molecular weight excluding hydrogens is 420 g/mol. The summed E-state index contributed by atoms with van der Waals surface area (Å²) in [6.45, 7) is 0. The number of nitrogens with zero attached hydrogens (tertiary/aromatic N) is 4. The predicted octanol–water partition coefficient (Wildman–Crippen LogP) is -3.86. The number of hydrogen-bond donors (Lipinski definition) is 1. The largest absolute Gasteiger partial charge is 1.00 e. The molecule has 2 heterocycles. The Bertz CT molecular complexity index is 474. The van der Waals surface area contributed by atoms with Gasteiger partial charge in [-0.25, -0.2) is 15.0 Å². The van der Waals surface area contributed by atoms with Gasteiger partial charge in [-0.1, -0.05) is 0 Å². The van der Waals surface area contributed by atoms with Gasteiger partial charge in [0.15, 0.2) is 11.9 Å². The highest BCUT2D eigenvalue weighted by Crippen LogP contribution is 2.06. The van der Waals surface area contributed by atoms with Crippen molar-refractivity contribution in [1.82, 2.24) is 9.97 Å². The van der Waals surface area contributed by atoms with Crippen LogP contribution in [0.4, 0.5) is 0 Å². The Morgan fingerprint density at radius 1 is 1.40 bits per heavy atom. The second-order valence-electron chi connectivity index (χ2n) is 2.36. The maximum atomic E-state index is 4.12. The Morgan fingerprint density at radius 3 is 3.07 bits per heavy atom. The lowest BCUT2D eigenvalue weighted by molar-refractivity contribution is -0.370.